The van der Waals surface area contributed by atoms with Crippen LogP contribution in [0.2, 0.25) is 19.6 Å². The molecule has 0 saturated carbocycles. The van der Waals surface area contributed by atoms with E-state index in [-0.39, 0.29) is 12.4 Å². The van der Waals surface area contributed by atoms with E-state index in [0.29, 0.717) is 0 Å². The molecule has 0 N–H and O–H groups in total. The summed E-state index contributed by atoms with van der Waals surface area (Å²) in [5.74, 6) is 0. The molecule has 184 valence electrons. The van der Waals surface area contributed by atoms with E-state index < -0.39 is 8.32 Å². The van der Waals surface area contributed by atoms with Gasteiger partial charge in [0.25, 0.3) is 0 Å². The Morgan fingerprint density at radius 2 is 0.867 bits per heavy atom. The molecule has 0 fully saturated rings. The zero-order valence-electron chi connectivity index (χ0n) is 21.9. The Kier molecular flexibility index (Phi) is 23.1. The van der Waals surface area contributed by atoms with Crippen molar-refractivity contribution in [3.05, 3.63) is 0 Å². The first kappa shape index (κ1) is 32.6. The highest BCUT2D eigenvalue weighted by atomic mass is 35.5. The third kappa shape index (κ3) is 26.5. The van der Waals surface area contributed by atoms with Crippen molar-refractivity contribution in [2.45, 2.75) is 136 Å². The number of nitrogens with zero attached hydrogens (tertiary/aromatic N) is 1. The highest BCUT2D eigenvalue weighted by Gasteiger charge is 2.17. The molecular weight excluding hydrogens is 406 g/mol. The van der Waals surface area contributed by atoms with E-state index in [0.717, 1.165) is 11.1 Å². The van der Waals surface area contributed by atoms with Gasteiger partial charge in [-0.05, 0) is 32.5 Å². The Hall–Kier alpha value is 0.427. The van der Waals surface area contributed by atoms with Gasteiger partial charge in [-0.25, -0.2) is 0 Å². The Morgan fingerprint density at radius 1 is 0.533 bits per heavy atom. The molecule has 2 nitrogen and oxygen atoms in total. The molecule has 0 heterocycles. The second kappa shape index (κ2) is 21.3. The molecular formula is C26H58ClNOSi. The van der Waals surface area contributed by atoms with Gasteiger partial charge in [0.2, 0.25) is 0 Å². The number of hydrogen-bond donors (Lipinski definition) is 0. The van der Waals surface area contributed by atoms with Gasteiger partial charge in [-0.15, -0.1) is 0 Å². The van der Waals surface area contributed by atoms with E-state index in [1.54, 1.807) is 0 Å². The summed E-state index contributed by atoms with van der Waals surface area (Å²) in [6.45, 7) is 12.7. The topological polar surface area (TPSA) is 9.23 Å². The van der Waals surface area contributed by atoms with Gasteiger partial charge in [-0.1, -0.05) is 96.8 Å². The van der Waals surface area contributed by atoms with Gasteiger partial charge in [0.15, 0.2) is 8.32 Å². The average molecular weight is 464 g/mol. The van der Waals surface area contributed by atoms with Crippen molar-refractivity contribution in [3.8, 4) is 0 Å². The summed E-state index contributed by atoms with van der Waals surface area (Å²) in [7, 11) is 3.45. The highest BCUT2D eigenvalue weighted by molar-refractivity contribution is 6.69. The van der Waals surface area contributed by atoms with Crippen LogP contribution in [0.15, 0.2) is 0 Å². The Morgan fingerprint density at radius 3 is 1.23 bits per heavy atom. The average Bonchev–Trinajstić information content (AvgIpc) is 2.64. The monoisotopic (exact) mass is 463 g/mol. The number of unbranched alkanes of at least 4 members (excludes halogenated alkanes) is 15. The Bertz CT molecular complexity index is 344. The van der Waals surface area contributed by atoms with Crippen LogP contribution < -0.4 is 12.4 Å². The minimum atomic E-state index is -1.33. The van der Waals surface area contributed by atoms with Crippen molar-refractivity contribution in [2.75, 3.05) is 33.8 Å². The molecule has 0 aromatic carbocycles. The molecule has 4 heteroatoms. The SMILES string of the molecule is CCCCCCCCCCCCCCCCCC[N+](C)(C)CCCO[Si](C)(C)C.[Cl-]. The van der Waals surface area contributed by atoms with Gasteiger partial charge in [0.1, 0.15) is 0 Å². The van der Waals surface area contributed by atoms with E-state index >= 15 is 0 Å². The summed E-state index contributed by atoms with van der Waals surface area (Å²) in [6, 6.07) is 0. The quantitative estimate of drug-likeness (QED) is 0.116. The molecule has 0 aliphatic heterocycles. The Labute approximate surface area is 199 Å². The van der Waals surface area contributed by atoms with Gasteiger partial charge < -0.3 is 21.3 Å². The summed E-state index contributed by atoms with van der Waals surface area (Å²) in [4.78, 5) is 0. The van der Waals surface area contributed by atoms with E-state index in [1.807, 2.05) is 0 Å². The fourth-order valence-electron chi connectivity index (χ4n) is 4.07. The standard InChI is InChI=1S/C26H58NOSi.ClH/c1-7-8-9-10-11-12-13-14-15-16-17-18-19-20-21-22-24-27(2,3)25-23-26-28-29(4,5)6;/h7-26H2,1-6H3;1H/q+1;/p-1. The maximum atomic E-state index is 5.99. The highest BCUT2D eigenvalue weighted by Crippen LogP contribution is 2.14. The van der Waals surface area contributed by atoms with Gasteiger partial charge in [-0.3, -0.25) is 0 Å². The summed E-state index contributed by atoms with van der Waals surface area (Å²) in [5.41, 5.74) is 0. The van der Waals surface area contributed by atoms with Crippen LogP contribution in [0.1, 0.15) is 116 Å². The fraction of sp³-hybridized carbons (Fsp3) is 1.00. The zero-order valence-corrected chi connectivity index (χ0v) is 23.6. The summed E-state index contributed by atoms with van der Waals surface area (Å²) >= 11 is 0. The Balaban J connectivity index is 0. The number of halogens is 1. The van der Waals surface area contributed by atoms with Crippen LogP contribution in [-0.4, -0.2) is 46.6 Å². The smallest absolute Gasteiger partial charge is 0.183 e. The van der Waals surface area contributed by atoms with Crippen molar-refractivity contribution in [1.29, 1.82) is 0 Å². The molecule has 0 atom stereocenters. The van der Waals surface area contributed by atoms with Crippen LogP contribution in [0, 0.1) is 0 Å². The first-order chi connectivity index (χ1) is 13.8. The second-order valence-corrected chi connectivity index (χ2v) is 15.5. The van der Waals surface area contributed by atoms with Crippen molar-refractivity contribution in [2.24, 2.45) is 0 Å². The minimum absolute atomic E-state index is 0. The molecule has 0 bridgehead atoms. The van der Waals surface area contributed by atoms with Crippen LogP contribution in [0.25, 0.3) is 0 Å². The van der Waals surface area contributed by atoms with Crippen LogP contribution >= 0.6 is 0 Å². The van der Waals surface area contributed by atoms with E-state index in [2.05, 4.69) is 40.7 Å². The van der Waals surface area contributed by atoms with E-state index in [1.165, 1.54) is 122 Å². The lowest BCUT2D eigenvalue weighted by atomic mass is 10.0. The third-order valence-corrected chi connectivity index (χ3v) is 7.13. The predicted octanol–water partition coefficient (Wildman–Crippen LogP) is 5.57. The molecule has 0 aromatic heterocycles. The van der Waals surface area contributed by atoms with Crippen molar-refractivity contribution >= 4 is 8.32 Å². The number of rotatable bonds is 22. The number of hydrogen-bond acceptors (Lipinski definition) is 1. The van der Waals surface area contributed by atoms with Gasteiger partial charge in [-0.2, -0.15) is 0 Å². The first-order valence-corrected chi connectivity index (χ1v) is 16.6. The van der Waals surface area contributed by atoms with Crippen LogP contribution in [0.3, 0.4) is 0 Å². The van der Waals surface area contributed by atoms with E-state index in [9.17, 15) is 0 Å². The van der Waals surface area contributed by atoms with Crippen LogP contribution in [0.5, 0.6) is 0 Å². The minimum Gasteiger partial charge on any atom is -1.00 e. The lowest BCUT2D eigenvalue weighted by molar-refractivity contribution is -0.890. The molecule has 0 spiro atoms. The zero-order chi connectivity index (χ0) is 21.8. The predicted molar refractivity (Wildman–Crippen MR) is 135 cm³/mol. The molecule has 0 aliphatic rings. The summed E-state index contributed by atoms with van der Waals surface area (Å²) in [5, 5.41) is 0. The summed E-state index contributed by atoms with van der Waals surface area (Å²) in [6.07, 6.45) is 24.4. The third-order valence-electron chi connectivity index (χ3n) is 6.06. The molecule has 0 aromatic rings. The number of quaternary nitrogens is 1. The molecule has 0 radical (unpaired) electrons. The molecule has 0 aliphatic carbocycles. The van der Waals surface area contributed by atoms with Gasteiger partial charge in [0, 0.05) is 13.0 Å². The molecule has 0 saturated heterocycles. The summed E-state index contributed by atoms with van der Waals surface area (Å²) < 4.78 is 7.15. The van der Waals surface area contributed by atoms with Crippen molar-refractivity contribution in [1.82, 2.24) is 0 Å². The largest absolute Gasteiger partial charge is 1.00 e. The second-order valence-electron chi connectivity index (χ2n) is 11.0. The van der Waals surface area contributed by atoms with Gasteiger partial charge >= 0.3 is 0 Å². The fourth-order valence-corrected chi connectivity index (χ4v) is 4.83. The lowest BCUT2D eigenvalue weighted by Crippen LogP contribution is -3.00. The molecule has 0 amide bonds. The van der Waals surface area contributed by atoms with Gasteiger partial charge in [0.05, 0.1) is 27.2 Å². The van der Waals surface area contributed by atoms with Crippen molar-refractivity contribution < 1.29 is 21.3 Å². The van der Waals surface area contributed by atoms with Crippen LogP contribution in [0.4, 0.5) is 0 Å². The maximum Gasteiger partial charge on any atom is 0.183 e. The normalized spacial score (nSPS) is 12.2. The molecule has 30 heavy (non-hydrogen) atoms. The van der Waals surface area contributed by atoms with Crippen LogP contribution in [-0.2, 0) is 4.43 Å². The van der Waals surface area contributed by atoms with E-state index in [4.69, 9.17) is 4.43 Å². The first-order valence-electron chi connectivity index (χ1n) is 13.2. The lowest BCUT2D eigenvalue weighted by Gasteiger charge is -2.30. The maximum absolute atomic E-state index is 5.99. The molecule has 0 rings (SSSR count). The van der Waals surface area contributed by atoms with Crippen molar-refractivity contribution in [3.63, 3.8) is 0 Å². The molecule has 0 unspecified atom stereocenters.